The lowest BCUT2D eigenvalue weighted by Gasteiger charge is -2.13. The number of nitrogens with two attached hydrogens (primary N) is 1. The first-order valence-corrected chi connectivity index (χ1v) is 6.70. The van der Waals surface area contributed by atoms with Crippen LogP contribution in [0.1, 0.15) is 35.9 Å². The predicted molar refractivity (Wildman–Crippen MR) is 79.9 cm³/mol. The van der Waals surface area contributed by atoms with Gasteiger partial charge in [0.15, 0.2) is 0 Å². The fourth-order valence-electron chi connectivity index (χ4n) is 1.95. The third-order valence-corrected chi connectivity index (χ3v) is 3.32. The number of carbonyl (C=O) groups is 1. The smallest absolute Gasteiger partial charge is 0.250 e. The molecule has 6 heteroatoms. The first-order valence-electron chi connectivity index (χ1n) is 6.33. The van der Waals surface area contributed by atoms with Crippen molar-refractivity contribution < 1.29 is 4.79 Å². The largest absolute Gasteiger partial charge is 0.379 e. The number of nitrogens with one attached hydrogen (secondary N) is 1. The molecule has 20 heavy (non-hydrogen) atoms. The molecule has 1 heterocycles. The van der Waals surface area contributed by atoms with Crippen LogP contribution in [-0.2, 0) is 6.54 Å². The van der Waals surface area contributed by atoms with Crippen LogP contribution in [0.15, 0.2) is 30.7 Å². The highest BCUT2D eigenvalue weighted by molar-refractivity contribution is 6.34. The molecule has 0 spiro atoms. The molecule has 0 radical (unpaired) electrons. The van der Waals surface area contributed by atoms with E-state index in [2.05, 4.69) is 28.7 Å². The molecule has 0 fully saturated rings. The SMILES string of the molecule is CC(C)n1cncc1CNc1ccc(C(N)=O)c(Cl)c1. The minimum absolute atomic E-state index is 0.324. The maximum atomic E-state index is 11.1. The van der Waals surface area contributed by atoms with Crippen molar-refractivity contribution in [1.29, 1.82) is 0 Å². The van der Waals surface area contributed by atoms with E-state index < -0.39 is 5.91 Å². The normalized spacial score (nSPS) is 10.8. The van der Waals surface area contributed by atoms with Crippen molar-refractivity contribution in [3.8, 4) is 0 Å². The van der Waals surface area contributed by atoms with Gasteiger partial charge in [-0.15, -0.1) is 0 Å². The fraction of sp³-hybridized carbons (Fsp3) is 0.286. The summed E-state index contributed by atoms with van der Waals surface area (Å²) in [4.78, 5) is 15.2. The Balaban J connectivity index is 2.09. The van der Waals surface area contributed by atoms with E-state index in [1.807, 2.05) is 12.5 Å². The van der Waals surface area contributed by atoms with Crippen LogP contribution in [0.25, 0.3) is 0 Å². The van der Waals surface area contributed by atoms with Crippen molar-refractivity contribution in [2.24, 2.45) is 5.73 Å². The van der Waals surface area contributed by atoms with Gasteiger partial charge in [0.05, 0.1) is 29.2 Å². The van der Waals surface area contributed by atoms with Gasteiger partial charge < -0.3 is 15.6 Å². The summed E-state index contributed by atoms with van der Waals surface area (Å²) < 4.78 is 2.09. The minimum Gasteiger partial charge on any atom is -0.379 e. The second kappa shape index (κ2) is 5.96. The standard InChI is InChI=1S/C14H17ClN4O/c1-9(2)19-8-17-6-11(19)7-18-10-3-4-12(14(16)20)13(15)5-10/h3-6,8-9,18H,7H2,1-2H3,(H2,16,20). The highest BCUT2D eigenvalue weighted by atomic mass is 35.5. The summed E-state index contributed by atoms with van der Waals surface area (Å²) in [5.41, 5.74) is 7.45. The van der Waals surface area contributed by atoms with E-state index in [1.54, 1.807) is 18.2 Å². The van der Waals surface area contributed by atoms with Crippen molar-refractivity contribution in [2.45, 2.75) is 26.4 Å². The first-order chi connectivity index (χ1) is 9.49. The minimum atomic E-state index is -0.528. The van der Waals surface area contributed by atoms with E-state index in [9.17, 15) is 4.79 Å². The monoisotopic (exact) mass is 292 g/mol. The molecular formula is C14H17ClN4O. The Morgan fingerprint density at radius 1 is 1.50 bits per heavy atom. The van der Waals surface area contributed by atoms with Crippen LogP contribution in [0.3, 0.4) is 0 Å². The average Bonchev–Trinajstić information content (AvgIpc) is 2.84. The van der Waals surface area contributed by atoms with Crippen molar-refractivity contribution in [3.63, 3.8) is 0 Å². The Morgan fingerprint density at radius 2 is 2.25 bits per heavy atom. The van der Waals surface area contributed by atoms with Gasteiger partial charge in [-0.3, -0.25) is 4.79 Å². The molecule has 0 unspecified atom stereocenters. The molecule has 0 aliphatic carbocycles. The number of anilines is 1. The number of hydrogen-bond donors (Lipinski definition) is 2. The molecule has 2 aromatic rings. The number of primary amides is 1. The zero-order valence-corrected chi connectivity index (χ0v) is 12.2. The molecule has 106 valence electrons. The summed E-state index contributed by atoms with van der Waals surface area (Å²) in [7, 11) is 0. The molecule has 1 amide bonds. The van der Waals surface area contributed by atoms with Crippen LogP contribution in [0.2, 0.25) is 5.02 Å². The predicted octanol–water partition coefficient (Wildman–Crippen LogP) is 2.83. The number of amides is 1. The molecule has 2 rings (SSSR count). The molecule has 0 bridgehead atoms. The van der Waals surface area contributed by atoms with E-state index >= 15 is 0 Å². The molecule has 1 aromatic carbocycles. The van der Waals surface area contributed by atoms with Crippen LogP contribution in [0, 0.1) is 0 Å². The molecule has 0 atom stereocenters. The number of rotatable bonds is 5. The van der Waals surface area contributed by atoms with Crippen molar-refractivity contribution in [1.82, 2.24) is 9.55 Å². The van der Waals surface area contributed by atoms with Gasteiger partial charge in [0, 0.05) is 17.9 Å². The maximum absolute atomic E-state index is 11.1. The van der Waals surface area contributed by atoms with Crippen molar-refractivity contribution in [3.05, 3.63) is 47.0 Å². The lowest BCUT2D eigenvalue weighted by atomic mass is 10.2. The zero-order chi connectivity index (χ0) is 14.7. The second-order valence-corrected chi connectivity index (χ2v) is 5.21. The third kappa shape index (κ3) is 3.11. The molecule has 1 aromatic heterocycles. The molecule has 0 aliphatic rings. The lowest BCUT2D eigenvalue weighted by molar-refractivity contribution is 0.100. The highest BCUT2D eigenvalue weighted by Crippen LogP contribution is 2.21. The quantitative estimate of drug-likeness (QED) is 0.890. The number of halogens is 1. The molecule has 3 N–H and O–H groups in total. The summed E-state index contributed by atoms with van der Waals surface area (Å²) in [6.07, 6.45) is 3.64. The highest BCUT2D eigenvalue weighted by Gasteiger charge is 2.08. The van der Waals surface area contributed by atoms with E-state index in [1.165, 1.54) is 0 Å². The summed E-state index contributed by atoms with van der Waals surface area (Å²) in [5, 5.41) is 3.60. The van der Waals surface area contributed by atoms with Gasteiger partial charge in [0.1, 0.15) is 0 Å². The van der Waals surface area contributed by atoms with Crippen molar-refractivity contribution in [2.75, 3.05) is 5.32 Å². The lowest BCUT2D eigenvalue weighted by Crippen LogP contribution is -2.12. The Kier molecular flexibility index (Phi) is 4.29. The number of hydrogen-bond acceptors (Lipinski definition) is 3. The number of imidazole rings is 1. The van der Waals surface area contributed by atoms with Gasteiger partial charge in [-0.2, -0.15) is 0 Å². The summed E-state index contributed by atoms with van der Waals surface area (Å²) in [5.74, 6) is -0.528. The number of carbonyl (C=O) groups excluding carboxylic acids is 1. The van der Waals surface area contributed by atoms with Crippen LogP contribution in [0.4, 0.5) is 5.69 Å². The topological polar surface area (TPSA) is 72.9 Å². The number of aromatic nitrogens is 2. The molecule has 0 saturated carbocycles. The van der Waals surface area contributed by atoms with E-state index in [0.717, 1.165) is 11.4 Å². The molecule has 0 saturated heterocycles. The van der Waals surface area contributed by atoms with E-state index in [-0.39, 0.29) is 0 Å². The van der Waals surface area contributed by atoms with E-state index in [4.69, 9.17) is 17.3 Å². The Hall–Kier alpha value is -2.01. The van der Waals surface area contributed by atoms with Crippen LogP contribution in [-0.4, -0.2) is 15.5 Å². The zero-order valence-electron chi connectivity index (χ0n) is 11.4. The molecule has 0 aliphatic heterocycles. The van der Waals surface area contributed by atoms with E-state index in [0.29, 0.717) is 23.2 Å². The fourth-order valence-corrected chi connectivity index (χ4v) is 2.23. The maximum Gasteiger partial charge on any atom is 0.250 e. The Bertz CT molecular complexity index is 621. The molecular weight excluding hydrogens is 276 g/mol. The number of benzene rings is 1. The van der Waals surface area contributed by atoms with Gasteiger partial charge in [-0.1, -0.05) is 11.6 Å². The van der Waals surface area contributed by atoms with Gasteiger partial charge >= 0.3 is 0 Å². The van der Waals surface area contributed by atoms with Crippen LogP contribution in [0.5, 0.6) is 0 Å². The van der Waals surface area contributed by atoms with Gasteiger partial charge in [-0.05, 0) is 32.0 Å². The third-order valence-electron chi connectivity index (χ3n) is 3.01. The summed E-state index contributed by atoms with van der Waals surface area (Å²) >= 11 is 6.01. The first kappa shape index (κ1) is 14.4. The Morgan fingerprint density at radius 3 is 2.85 bits per heavy atom. The Labute approximate surface area is 122 Å². The van der Waals surface area contributed by atoms with Crippen LogP contribution >= 0.6 is 11.6 Å². The average molecular weight is 293 g/mol. The van der Waals surface area contributed by atoms with Gasteiger partial charge in [0.25, 0.3) is 0 Å². The summed E-state index contributed by atoms with van der Waals surface area (Å²) in [6.45, 7) is 4.83. The van der Waals surface area contributed by atoms with Crippen molar-refractivity contribution >= 4 is 23.2 Å². The number of nitrogens with zero attached hydrogens (tertiary/aromatic N) is 2. The van der Waals surface area contributed by atoms with Crippen LogP contribution < -0.4 is 11.1 Å². The summed E-state index contributed by atoms with van der Waals surface area (Å²) in [6, 6.07) is 5.45. The van der Waals surface area contributed by atoms with Gasteiger partial charge in [-0.25, -0.2) is 4.98 Å². The second-order valence-electron chi connectivity index (χ2n) is 4.80. The molecule has 5 nitrogen and oxygen atoms in total. The van der Waals surface area contributed by atoms with Gasteiger partial charge in [0.2, 0.25) is 5.91 Å².